The van der Waals surface area contributed by atoms with Crippen molar-refractivity contribution in [3.8, 4) is 0 Å². The lowest BCUT2D eigenvalue weighted by atomic mass is 9.66. The smallest absolute Gasteiger partial charge is 0.447 e. The number of benzene rings is 2. The van der Waals surface area contributed by atoms with Gasteiger partial charge in [0, 0.05) is 6.42 Å². The van der Waals surface area contributed by atoms with Crippen molar-refractivity contribution < 1.29 is 68.1 Å². The Hall–Kier alpha value is -3.52. The monoisotopic (exact) mass is 766 g/mol. The summed E-state index contributed by atoms with van der Waals surface area (Å²) in [6, 6.07) is 11.9. The lowest BCUT2D eigenvalue weighted by Crippen LogP contribution is -2.69. The number of ether oxygens (including phenoxy) is 3. The number of rotatable bonds is 10. The van der Waals surface area contributed by atoms with Gasteiger partial charge < -0.3 is 14.2 Å². The molecule has 2 bridgehead atoms. The van der Waals surface area contributed by atoms with E-state index in [4.69, 9.17) is 9.47 Å². The highest BCUT2D eigenvalue weighted by atomic mass is 19.4. The fourth-order valence-corrected chi connectivity index (χ4v) is 8.68. The van der Waals surface area contributed by atoms with E-state index in [1.54, 1.807) is 0 Å². The Morgan fingerprint density at radius 2 is 1.19 bits per heavy atom. The van der Waals surface area contributed by atoms with Crippen molar-refractivity contribution in [1.29, 1.82) is 0 Å². The van der Waals surface area contributed by atoms with Gasteiger partial charge in [-0.25, -0.2) is 0 Å². The summed E-state index contributed by atoms with van der Waals surface area (Å²) in [6.07, 6.45) is -19.5. The maximum Gasteiger partial charge on any atom is 0.447 e. The molecule has 0 heterocycles. The van der Waals surface area contributed by atoms with Crippen LogP contribution < -0.4 is 0 Å². The number of halogens is 9. The third-order valence-corrected chi connectivity index (χ3v) is 11.2. The van der Waals surface area contributed by atoms with Crippen LogP contribution in [0, 0.1) is 28.1 Å². The van der Waals surface area contributed by atoms with Crippen LogP contribution in [0.25, 0.3) is 10.8 Å². The number of hydrogen-bond donors (Lipinski definition) is 0. The van der Waals surface area contributed by atoms with Gasteiger partial charge in [-0.05, 0) is 120 Å². The van der Waals surface area contributed by atoms with Gasteiger partial charge in [-0.3, -0.25) is 14.4 Å². The van der Waals surface area contributed by atoms with Crippen LogP contribution in [0.4, 0.5) is 39.5 Å². The van der Waals surface area contributed by atoms with Crippen LogP contribution in [0.5, 0.6) is 0 Å². The molecular weight excluding hydrogens is 723 g/mol. The molecule has 294 valence electrons. The molecule has 0 aliphatic heterocycles. The molecule has 0 N–H and O–H groups in total. The highest BCUT2D eigenvalue weighted by molar-refractivity contribution is 5.85. The third kappa shape index (κ3) is 7.85. The Labute approximate surface area is 301 Å². The second kappa shape index (κ2) is 13.6. The van der Waals surface area contributed by atoms with Gasteiger partial charge in [0.05, 0.1) is 16.2 Å². The summed E-state index contributed by atoms with van der Waals surface area (Å²) in [6.45, 7) is 5.63. The van der Waals surface area contributed by atoms with Gasteiger partial charge >= 0.3 is 42.0 Å². The minimum Gasteiger partial charge on any atom is -0.462 e. The first-order chi connectivity index (χ1) is 24.2. The number of fused-ring (bicyclic) bond motifs is 4. The predicted octanol–water partition coefficient (Wildman–Crippen LogP) is 9.78. The minimum absolute atomic E-state index is 0.0152. The van der Waals surface area contributed by atoms with Gasteiger partial charge in [-0.15, -0.1) is 0 Å². The molecule has 2 aromatic carbocycles. The first kappa shape index (κ1) is 40.7. The number of aryl methyl sites for hydroxylation is 1. The molecule has 5 rings (SSSR count). The van der Waals surface area contributed by atoms with E-state index in [0.717, 1.165) is 55.0 Å². The normalized spacial score (nSPS) is 23.7. The largest absolute Gasteiger partial charge is 0.462 e. The molecule has 3 aliphatic rings. The lowest BCUT2D eigenvalue weighted by Gasteiger charge is -2.42. The summed E-state index contributed by atoms with van der Waals surface area (Å²) < 4.78 is 139. The Bertz CT molecular complexity index is 1690. The molecule has 2 aromatic rings. The predicted molar refractivity (Wildman–Crippen MR) is 173 cm³/mol. The Morgan fingerprint density at radius 3 is 1.68 bits per heavy atom. The van der Waals surface area contributed by atoms with Crippen molar-refractivity contribution in [2.75, 3.05) is 0 Å². The molecule has 0 aromatic heterocycles. The number of hydrogen-bond acceptors (Lipinski definition) is 6. The van der Waals surface area contributed by atoms with Gasteiger partial charge in [-0.2, -0.15) is 39.5 Å². The highest BCUT2D eigenvalue weighted by Gasteiger charge is 2.87. The Balaban J connectivity index is 1.39. The van der Waals surface area contributed by atoms with Gasteiger partial charge in [0.15, 0.2) is 0 Å². The maximum absolute atomic E-state index is 14.0. The summed E-state index contributed by atoms with van der Waals surface area (Å²) in [4.78, 5) is 41.0. The molecule has 3 aliphatic carbocycles. The SMILES string of the molecule is CC(C)(CC(C)(CC(C)(C)C(=O)OC(C(F)(F)F)(C(F)(F)F)C(F)(F)F)C(=O)OC1C[C@H]2CCC1C2)C(=O)OC1CCc2cc3ccccc3cc2C1. The summed E-state index contributed by atoms with van der Waals surface area (Å²) in [5.41, 5.74) is -10.9. The quantitative estimate of drug-likeness (QED) is 0.136. The fraction of sp³-hybridized carbons (Fsp3) is 0.658. The van der Waals surface area contributed by atoms with E-state index in [-0.39, 0.29) is 5.92 Å². The summed E-state index contributed by atoms with van der Waals surface area (Å²) >= 11 is 0. The van der Waals surface area contributed by atoms with Gasteiger partial charge in [0.25, 0.3) is 0 Å². The molecular formula is C38H43F9O6. The molecule has 0 spiro atoms. The standard InChI is InChI=1S/C38H43F9O6/c1-32(2,29(48)51-27-13-12-24-16-22-8-6-7-9-23(22)17-26(24)18-27)19-34(5,31(50)52-28-15-21-10-11-25(28)14-21)20-33(3,4)30(49)53-35(36(39,40)41,37(42,43)44)38(45,46)47/h6-9,16-17,21,25,27-28H,10-15,18-20H2,1-5H3/t21-,25?,27?,28?,34?/m0/s1. The first-order valence-electron chi connectivity index (χ1n) is 17.6. The van der Waals surface area contributed by atoms with Crippen molar-refractivity contribution in [3.63, 3.8) is 0 Å². The molecule has 2 saturated carbocycles. The van der Waals surface area contributed by atoms with Crippen molar-refractivity contribution in [1.82, 2.24) is 0 Å². The summed E-state index contributed by atoms with van der Waals surface area (Å²) in [5, 5.41) is 2.06. The minimum atomic E-state index is -7.14. The zero-order valence-corrected chi connectivity index (χ0v) is 30.0. The maximum atomic E-state index is 14.0. The molecule has 4 unspecified atom stereocenters. The van der Waals surface area contributed by atoms with E-state index in [1.165, 1.54) is 20.8 Å². The molecule has 6 nitrogen and oxygen atoms in total. The van der Waals surface area contributed by atoms with Crippen molar-refractivity contribution in [3.05, 3.63) is 47.5 Å². The molecule has 0 amide bonds. The van der Waals surface area contributed by atoms with E-state index in [1.807, 2.05) is 30.3 Å². The lowest BCUT2D eigenvalue weighted by molar-refractivity contribution is -0.447. The summed E-state index contributed by atoms with van der Waals surface area (Å²) in [7, 11) is 0. The van der Waals surface area contributed by atoms with Crippen molar-refractivity contribution in [2.45, 2.75) is 129 Å². The van der Waals surface area contributed by atoms with E-state index >= 15 is 0 Å². The zero-order chi connectivity index (χ0) is 39.6. The second-order valence-corrected chi connectivity index (χ2v) is 16.6. The fourth-order valence-electron chi connectivity index (χ4n) is 8.68. The number of carbonyl (C=O) groups excluding carboxylic acids is 3. The van der Waals surface area contributed by atoms with Crippen LogP contribution in [0.3, 0.4) is 0 Å². The molecule has 53 heavy (non-hydrogen) atoms. The first-order valence-corrected chi connectivity index (χ1v) is 17.6. The van der Waals surface area contributed by atoms with Gasteiger partial charge in [-0.1, -0.05) is 36.4 Å². The van der Waals surface area contributed by atoms with E-state index in [9.17, 15) is 53.9 Å². The van der Waals surface area contributed by atoms with Gasteiger partial charge in [0.2, 0.25) is 0 Å². The second-order valence-electron chi connectivity index (χ2n) is 16.6. The molecule has 15 heteroatoms. The van der Waals surface area contributed by atoms with E-state index in [2.05, 4.69) is 10.8 Å². The summed E-state index contributed by atoms with van der Waals surface area (Å²) in [5.74, 6) is -3.96. The number of carbonyl (C=O) groups is 3. The van der Waals surface area contributed by atoms with Crippen LogP contribution >= 0.6 is 0 Å². The number of alkyl halides is 9. The average molecular weight is 767 g/mol. The molecule has 5 atom stereocenters. The van der Waals surface area contributed by atoms with Crippen molar-refractivity contribution >= 4 is 28.7 Å². The van der Waals surface area contributed by atoms with Gasteiger partial charge in [0.1, 0.15) is 12.2 Å². The number of esters is 3. The van der Waals surface area contributed by atoms with Crippen LogP contribution in [0.2, 0.25) is 0 Å². The van der Waals surface area contributed by atoms with Crippen LogP contribution in [-0.2, 0) is 41.4 Å². The third-order valence-electron chi connectivity index (χ3n) is 11.2. The van der Waals surface area contributed by atoms with Crippen LogP contribution in [-0.4, -0.2) is 54.2 Å². The molecule has 0 radical (unpaired) electrons. The van der Waals surface area contributed by atoms with Crippen LogP contribution in [0.1, 0.15) is 90.7 Å². The Morgan fingerprint density at radius 1 is 0.660 bits per heavy atom. The molecule has 2 fully saturated rings. The topological polar surface area (TPSA) is 78.9 Å². The van der Waals surface area contributed by atoms with Crippen LogP contribution in [0.15, 0.2) is 36.4 Å². The molecule has 0 saturated heterocycles. The highest BCUT2D eigenvalue weighted by Crippen LogP contribution is 2.56. The Kier molecular flexibility index (Phi) is 10.5. The average Bonchev–Trinajstić information content (AvgIpc) is 3.63. The van der Waals surface area contributed by atoms with E-state index in [0.29, 0.717) is 31.6 Å². The van der Waals surface area contributed by atoms with Crippen molar-refractivity contribution in [2.24, 2.45) is 28.1 Å². The zero-order valence-electron chi connectivity index (χ0n) is 30.0. The van der Waals surface area contributed by atoms with E-state index < -0.39 is 83.3 Å².